The number of carbonyl (C=O) groups is 1. The van der Waals surface area contributed by atoms with Crippen LogP contribution in [-0.2, 0) is 24.0 Å². The molecular formula is C22H28N4O3. The number of fused-ring (bicyclic) bond motifs is 1. The minimum Gasteiger partial charge on any atom is -0.379 e. The van der Waals surface area contributed by atoms with Crippen LogP contribution < -0.4 is 10.9 Å². The van der Waals surface area contributed by atoms with Crippen LogP contribution in [0.3, 0.4) is 0 Å². The third kappa shape index (κ3) is 4.92. The van der Waals surface area contributed by atoms with Gasteiger partial charge in [0.25, 0.3) is 11.5 Å². The molecule has 1 aliphatic carbocycles. The van der Waals surface area contributed by atoms with Gasteiger partial charge in [-0.2, -0.15) is 5.10 Å². The lowest BCUT2D eigenvalue weighted by Gasteiger charge is -2.26. The van der Waals surface area contributed by atoms with Crippen LogP contribution in [0.25, 0.3) is 0 Å². The SMILES string of the molecule is O=C(NCCN1CCOCC1)c1cccc(Cc2n[nH]c(=O)c3c2CCCC3)c1. The predicted molar refractivity (Wildman–Crippen MR) is 110 cm³/mol. The summed E-state index contributed by atoms with van der Waals surface area (Å²) in [6, 6.07) is 7.67. The average molecular weight is 396 g/mol. The fourth-order valence-corrected chi connectivity index (χ4v) is 4.14. The smallest absolute Gasteiger partial charge is 0.267 e. The number of amides is 1. The van der Waals surface area contributed by atoms with Gasteiger partial charge in [0.2, 0.25) is 0 Å². The van der Waals surface area contributed by atoms with Gasteiger partial charge in [0.1, 0.15) is 0 Å². The first-order valence-electron chi connectivity index (χ1n) is 10.5. The van der Waals surface area contributed by atoms with Crippen molar-refractivity contribution in [3.8, 4) is 0 Å². The zero-order valence-electron chi connectivity index (χ0n) is 16.7. The molecule has 1 amide bonds. The van der Waals surface area contributed by atoms with E-state index in [1.54, 1.807) is 0 Å². The molecular weight excluding hydrogens is 368 g/mol. The summed E-state index contributed by atoms with van der Waals surface area (Å²) in [6.45, 7) is 4.82. The normalized spacial score (nSPS) is 17.0. The van der Waals surface area contributed by atoms with Crippen LogP contribution in [-0.4, -0.2) is 60.4 Å². The second-order valence-electron chi connectivity index (χ2n) is 7.75. The van der Waals surface area contributed by atoms with Crippen molar-refractivity contribution in [3.63, 3.8) is 0 Å². The minimum atomic E-state index is -0.0587. The molecule has 154 valence electrons. The van der Waals surface area contributed by atoms with Crippen molar-refractivity contribution >= 4 is 5.91 Å². The van der Waals surface area contributed by atoms with E-state index in [9.17, 15) is 9.59 Å². The summed E-state index contributed by atoms with van der Waals surface area (Å²) in [5, 5.41) is 9.97. The lowest BCUT2D eigenvalue weighted by Crippen LogP contribution is -2.41. The summed E-state index contributed by atoms with van der Waals surface area (Å²) in [5.41, 5.74) is 4.53. The van der Waals surface area contributed by atoms with Crippen LogP contribution in [0.15, 0.2) is 29.1 Å². The number of hydrogen-bond acceptors (Lipinski definition) is 5. The molecule has 1 aromatic heterocycles. The van der Waals surface area contributed by atoms with Crippen LogP contribution in [0.1, 0.15) is 45.6 Å². The average Bonchev–Trinajstić information content (AvgIpc) is 2.77. The van der Waals surface area contributed by atoms with Gasteiger partial charge in [-0.05, 0) is 48.9 Å². The van der Waals surface area contributed by atoms with E-state index in [2.05, 4.69) is 20.4 Å². The van der Waals surface area contributed by atoms with E-state index in [0.29, 0.717) is 18.5 Å². The Kier molecular flexibility index (Phi) is 6.36. The third-order valence-electron chi connectivity index (χ3n) is 5.76. The van der Waals surface area contributed by atoms with Gasteiger partial charge in [0.15, 0.2) is 0 Å². The molecule has 0 radical (unpaired) electrons. The quantitative estimate of drug-likeness (QED) is 0.769. The zero-order chi connectivity index (χ0) is 20.1. The van der Waals surface area contributed by atoms with Crippen LogP contribution in [0.5, 0.6) is 0 Å². The van der Waals surface area contributed by atoms with Crippen molar-refractivity contribution in [2.75, 3.05) is 39.4 Å². The van der Waals surface area contributed by atoms with Crippen LogP contribution in [0, 0.1) is 0 Å². The van der Waals surface area contributed by atoms with Crippen molar-refractivity contribution in [2.24, 2.45) is 0 Å². The Morgan fingerprint density at radius 3 is 2.79 bits per heavy atom. The van der Waals surface area contributed by atoms with Gasteiger partial charge in [-0.1, -0.05) is 12.1 Å². The van der Waals surface area contributed by atoms with E-state index in [-0.39, 0.29) is 11.5 Å². The fourth-order valence-electron chi connectivity index (χ4n) is 4.14. The molecule has 7 nitrogen and oxygen atoms in total. The maximum absolute atomic E-state index is 12.6. The molecule has 2 aliphatic rings. The fraction of sp³-hybridized carbons (Fsp3) is 0.500. The molecule has 0 spiro atoms. The largest absolute Gasteiger partial charge is 0.379 e. The molecule has 1 fully saturated rings. The van der Waals surface area contributed by atoms with Gasteiger partial charge in [0, 0.05) is 43.7 Å². The van der Waals surface area contributed by atoms with Gasteiger partial charge in [0.05, 0.1) is 18.9 Å². The number of aromatic amines is 1. The molecule has 2 N–H and O–H groups in total. The zero-order valence-corrected chi connectivity index (χ0v) is 16.7. The molecule has 1 aromatic carbocycles. The molecule has 0 saturated carbocycles. The molecule has 29 heavy (non-hydrogen) atoms. The highest BCUT2D eigenvalue weighted by Crippen LogP contribution is 2.22. The first kappa shape index (κ1) is 19.8. The highest BCUT2D eigenvalue weighted by molar-refractivity contribution is 5.94. The molecule has 2 heterocycles. The number of morpholine rings is 1. The van der Waals surface area contributed by atoms with Crippen LogP contribution >= 0.6 is 0 Å². The molecule has 4 rings (SSSR count). The van der Waals surface area contributed by atoms with E-state index in [1.807, 2.05) is 24.3 Å². The summed E-state index contributed by atoms with van der Waals surface area (Å²) in [6.07, 6.45) is 4.50. The minimum absolute atomic E-state index is 0.0585. The summed E-state index contributed by atoms with van der Waals surface area (Å²) in [4.78, 5) is 26.9. The van der Waals surface area contributed by atoms with Gasteiger partial charge >= 0.3 is 0 Å². The maximum Gasteiger partial charge on any atom is 0.267 e. The number of ether oxygens (including phenoxy) is 1. The number of rotatable bonds is 6. The monoisotopic (exact) mass is 396 g/mol. The van der Waals surface area contributed by atoms with E-state index < -0.39 is 0 Å². The highest BCUT2D eigenvalue weighted by Gasteiger charge is 2.18. The number of aromatic nitrogens is 2. The molecule has 0 atom stereocenters. The van der Waals surface area contributed by atoms with Gasteiger partial charge < -0.3 is 10.1 Å². The molecule has 7 heteroatoms. The van der Waals surface area contributed by atoms with Gasteiger partial charge in [-0.25, -0.2) is 5.10 Å². The number of H-pyrrole nitrogens is 1. The van der Waals surface area contributed by atoms with E-state index in [0.717, 1.165) is 80.9 Å². The predicted octanol–water partition coefficient (Wildman–Crippen LogP) is 1.30. The molecule has 0 bridgehead atoms. The number of benzene rings is 1. The van der Waals surface area contributed by atoms with Gasteiger partial charge in [-0.15, -0.1) is 0 Å². The van der Waals surface area contributed by atoms with E-state index in [1.165, 1.54) is 0 Å². The van der Waals surface area contributed by atoms with Gasteiger partial charge in [-0.3, -0.25) is 14.5 Å². The second kappa shape index (κ2) is 9.33. The number of carbonyl (C=O) groups excluding carboxylic acids is 1. The molecule has 2 aromatic rings. The maximum atomic E-state index is 12.6. The second-order valence-corrected chi connectivity index (χ2v) is 7.75. The summed E-state index contributed by atoms with van der Waals surface area (Å²) < 4.78 is 5.35. The Morgan fingerprint density at radius 2 is 1.97 bits per heavy atom. The van der Waals surface area contributed by atoms with Crippen molar-refractivity contribution in [3.05, 3.63) is 62.6 Å². The summed E-state index contributed by atoms with van der Waals surface area (Å²) in [7, 11) is 0. The topological polar surface area (TPSA) is 87.3 Å². The lowest BCUT2D eigenvalue weighted by atomic mass is 9.90. The Hall–Kier alpha value is -2.51. The van der Waals surface area contributed by atoms with Crippen molar-refractivity contribution in [2.45, 2.75) is 32.1 Å². The van der Waals surface area contributed by atoms with Crippen molar-refractivity contribution < 1.29 is 9.53 Å². The third-order valence-corrected chi connectivity index (χ3v) is 5.76. The summed E-state index contributed by atoms with van der Waals surface area (Å²) >= 11 is 0. The summed E-state index contributed by atoms with van der Waals surface area (Å²) in [5.74, 6) is -0.0587. The van der Waals surface area contributed by atoms with Crippen molar-refractivity contribution in [1.82, 2.24) is 20.4 Å². The Labute approximate surface area is 170 Å². The molecule has 1 aliphatic heterocycles. The Balaban J connectivity index is 1.40. The number of hydrogen-bond donors (Lipinski definition) is 2. The first-order valence-corrected chi connectivity index (χ1v) is 10.5. The highest BCUT2D eigenvalue weighted by atomic mass is 16.5. The van der Waals surface area contributed by atoms with Crippen LogP contribution in [0.4, 0.5) is 0 Å². The Bertz CT molecular complexity index is 919. The number of nitrogens with one attached hydrogen (secondary N) is 2. The first-order chi connectivity index (χ1) is 14.2. The molecule has 0 unspecified atom stereocenters. The Morgan fingerprint density at radius 1 is 1.17 bits per heavy atom. The lowest BCUT2D eigenvalue weighted by molar-refractivity contribution is 0.0383. The standard InChI is InChI=1S/C22H28N4O3/c27-21(23-8-9-26-10-12-29-13-11-26)17-5-3-4-16(14-17)15-20-18-6-1-2-7-19(18)22(28)25-24-20/h3-5,14H,1-2,6-13,15H2,(H,23,27)(H,25,28). The van der Waals surface area contributed by atoms with Crippen molar-refractivity contribution in [1.29, 1.82) is 0 Å². The molecule has 1 saturated heterocycles. The van der Waals surface area contributed by atoms with Crippen LogP contribution in [0.2, 0.25) is 0 Å². The van der Waals surface area contributed by atoms with E-state index in [4.69, 9.17) is 4.74 Å². The van der Waals surface area contributed by atoms with E-state index >= 15 is 0 Å². The number of nitrogens with zero attached hydrogens (tertiary/aromatic N) is 2.